The lowest BCUT2D eigenvalue weighted by Crippen LogP contribution is -2.35. The summed E-state index contributed by atoms with van der Waals surface area (Å²) in [7, 11) is -3.55. The van der Waals surface area contributed by atoms with Crippen LogP contribution in [-0.4, -0.2) is 27.7 Å². The Morgan fingerprint density at radius 1 is 1.47 bits per heavy atom. The van der Waals surface area contributed by atoms with Crippen molar-refractivity contribution in [1.82, 2.24) is 4.72 Å². The van der Waals surface area contributed by atoms with Gasteiger partial charge in [0.25, 0.3) is 0 Å². The van der Waals surface area contributed by atoms with Crippen LogP contribution in [0.1, 0.15) is 6.42 Å². The Kier molecular flexibility index (Phi) is 3.58. The van der Waals surface area contributed by atoms with Gasteiger partial charge in [0.05, 0.1) is 22.2 Å². The molecular weight excluding hydrogens is 264 g/mol. The fourth-order valence-corrected chi connectivity index (χ4v) is 3.12. The maximum Gasteiger partial charge on any atom is 0.240 e. The molecule has 0 aromatic heterocycles. The summed E-state index contributed by atoms with van der Waals surface area (Å²) in [5.74, 6) is 0. The molecule has 1 heterocycles. The summed E-state index contributed by atoms with van der Waals surface area (Å²) >= 11 is 5.79. The van der Waals surface area contributed by atoms with Crippen LogP contribution in [-0.2, 0) is 14.8 Å². The maximum absolute atomic E-state index is 12.0. The average molecular weight is 277 g/mol. The topological polar surface area (TPSA) is 81.4 Å². The summed E-state index contributed by atoms with van der Waals surface area (Å²) < 4.78 is 31.6. The summed E-state index contributed by atoms with van der Waals surface area (Å²) in [6.07, 6.45) is 0.682. The molecule has 1 aliphatic rings. The van der Waals surface area contributed by atoms with Gasteiger partial charge in [-0.2, -0.15) is 0 Å². The summed E-state index contributed by atoms with van der Waals surface area (Å²) in [6, 6.07) is 4.08. The van der Waals surface area contributed by atoms with E-state index in [-0.39, 0.29) is 16.0 Å². The third-order valence-electron chi connectivity index (χ3n) is 2.53. The van der Waals surface area contributed by atoms with Crippen LogP contribution < -0.4 is 10.5 Å². The Labute approximate surface area is 105 Å². The number of nitrogens with two attached hydrogens (primary N) is 1. The zero-order chi connectivity index (χ0) is 12.5. The summed E-state index contributed by atoms with van der Waals surface area (Å²) in [5.41, 5.74) is 5.88. The second kappa shape index (κ2) is 4.81. The van der Waals surface area contributed by atoms with Gasteiger partial charge in [-0.1, -0.05) is 11.6 Å². The summed E-state index contributed by atoms with van der Waals surface area (Å²) in [6.45, 7) is 0.984. The zero-order valence-electron chi connectivity index (χ0n) is 9.02. The summed E-state index contributed by atoms with van der Waals surface area (Å²) in [5, 5.41) is 0.232. The number of rotatable bonds is 3. The van der Waals surface area contributed by atoms with E-state index >= 15 is 0 Å². The average Bonchev–Trinajstić information content (AvgIpc) is 2.73. The molecule has 1 aromatic rings. The highest BCUT2D eigenvalue weighted by atomic mass is 35.5. The number of benzene rings is 1. The van der Waals surface area contributed by atoms with E-state index in [0.717, 1.165) is 0 Å². The molecule has 1 aromatic carbocycles. The molecule has 1 unspecified atom stereocenters. The van der Waals surface area contributed by atoms with Crippen LogP contribution in [0.5, 0.6) is 0 Å². The lowest BCUT2D eigenvalue weighted by atomic mass is 10.3. The van der Waals surface area contributed by atoms with Crippen molar-refractivity contribution in [3.63, 3.8) is 0 Å². The second-order valence-electron chi connectivity index (χ2n) is 3.87. The molecule has 1 atom stereocenters. The van der Waals surface area contributed by atoms with Gasteiger partial charge in [-0.3, -0.25) is 0 Å². The molecule has 5 nitrogen and oxygen atoms in total. The van der Waals surface area contributed by atoms with Gasteiger partial charge >= 0.3 is 0 Å². The maximum atomic E-state index is 12.0. The quantitative estimate of drug-likeness (QED) is 0.807. The Balaban J connectivity index is 2.21. The number of sulfonamides is 1. The molecule has 0 bridgehead atoms. The Morgan fingerprint density at radius 3 is 2.82 bits per heavy atom. The van der Waals surface area contributed by atoms with E-state index in [1.165, 1.54) is 18.2 Å². The van der Waals surface area contributed by atoms with E-state index in [0.29, 0.717) is 25.3 Å². The molecule has 0 aliphatic carbocycles. The number of ether oxygens (including phenoxy) is 1. The van der Waals surface area contributed by atoms with Crippen molar-refractivity contribution in [3.8, 4) is 0 Å². The molecule has 7 heteroatoms. The van der Waals surface area contributed by atoms with Gasteiger partial charge < -0.3 is 10.5 Å². The predicted octanol–water partition coefficient (Wildman–Crippen LogP) is 0.989. The van der Waals surface area contributed by atoms with Gasteiger partial charge in [0.2, 0.25) is 10.0 Å². The smallest absolute Gasteiger partial charge is 0.240 e. The molecule has 3 N–H and O–H groups in total. The van der Waals surface area contributed by atoms with Gasteiger partial charge in [0.1, 0.15) is 0 Å². The molecule has 2 rings (SSSR count). The standard InChI is InChI=1S/C10H13ClN2O3S/c11-9-5-8(1-2-10(9)12)17(14,15)13-7-3-4-16-6-7/h1-2,5,7,13H,3-4,6,12H2. The van der Waals surface area contributed by atoms with Gasteiger partial charge in [-0.25, -0.2) is 13.1 Å². The molecule has 94 valence electrons. The van der Waals surface area contributed by atoms with Crippen LogP contribution >= 0.6 is 11.6 Å². The van der Waals surface area contributed by atoms with Crippen LogP contribution in [0.3, 0.4) is 0 Å². The number of halogens is 1. The van der Waals surface area contributed by atoms with E-state index in [9.17, 15) is 8.42 Å². The molecule has 17 heavy (non-hydrogen) atoms. The van der Waals surface area contributed by atoms with E-state index in [4.69, 9.17) is 22.1 Å². The number of anilines is 1. The highest BCUT2D eigenvalue weighted by Gasteiger charge is 2.23. The van der Waals surface area contributed by atoms with Crippen molar-refractivity contribution >= 4 is 27.3 Å². The van der Waals surface area contributed by atoms with Crippen molar-refractivity contribution in [2.24, 2.45) is 0 Å². The van der Waals surface area contributed by atoms with E-state index in [1.807, 2.05) is 0 Å². The van der Waals surface area contributed by atoms with Gasteiger partial charge in [0.15, 0.2) is 0 Å². The van der Waals surface area contributed by atoms with E-state index in [1.54, 1.807) is 0 Å². The van der Waals surface area contributed by atoms with Gasteiger partial charge in [0, 0.05) is 12.6 Å². The van der Waals surface area contributed by atoms with Gasteiger partial charge in [-0.15, -0.1) is 0 Å². The van der Waals surface area contributed by atoms with Crippen LogP contribution in [0, 0.1) is 0 Å². The molecule has 1 saturated heterocycles. The second-order valence-corrected chi connectivity index (χ2v) is 5.99. The largest absolute Gasteiger partial charge is 0.398 e. The monoisotopic (exact) mass is 276 g/mol. The highest BCUT2D eigenvalue weighted by Crippen LogP contribution is 2.22. The first-order valence-corrected chi connectivity index (χ1v) is 7.00. The first-order chi connectivity index (χ1) is 7.99. The molecule has 1 aliphatic heterocycles. The Hall–Kier alpha value is -0.820. The summed E-state index contributed by atoms with van der Waals surface area (Å²) in [4.78, 5) is 0.114. The Bertz CT molecular complexity index is 512. The minimum atomic E-state index is -3.55. The highest BCUT2D eigenvalue weighted by molar-refractivity contribution is 7.89. The molecule has 0 spiro atoms. The van der Waals surface area contributed by atoms with Crippen molar-refractivity contribution in [1.29, 1.82) is 0 Å². The van der Waals surface area contributed by atoms with Crippen LogP contribution in [0.25, 0.3) is 0 Å². The fourth-order valence-electron chi connectivity index (χ4n) is 1.59. The minimum Gasteiger partial charge on any atom is -0.398 e. The molecule has 0 amide bonds. The van der Waals surface area contributed by atoms with E-state index in [2.05, 4.69) is 4.72 Å². The third kappa shape index (κ3) is 2.90. The number of nitrogen functional groups attached to an aromatic ring is 1. The first kappa shape index (κ1) is 12.6. The lowest BCUT2D eigenvalue weighted by molar-refractivity contribution is 0.192. The normalized spacial score (nSPS) is 20.6. The molecular formula is C10H13ClN2O3S. The number of hydrogen-bond acceptors (Lipinski definition) is 4. The predicted molar refractivity (Wildman–Crippen MR) is 65.4 cm³/mol. The Morgan fingerprint density at radius 2 is 2.24 bits per heavy atom. The molecule has 0 saturated carbocycles. The van der Waals surface area contributed by atoms with Crippen molar-refractivity contribution < 1.29 is 13.2 Å². The minimum absolute atomic E-state index is 0.114. The van der Waals surface area contributed by atoms with E-state index < -0.39 is 10.0 Å². The molecule has 1 fully saturated rings. The van der Waals surface area contributed by atoms with Gasteiger partial charge in [-0.05, 0) is 24.6 Å². The number of nitrogens with one attached hydrogen (secondary N) is 1. The zero-order valence-corrected chi connectivity index (χ0v) is 10.6. The molecule has 0 radical (unpaired) electrons. The third-order valence-corrected chi connectivity index (χ3v) is 4.38. The van der Waals surface area contributed by atoms with Crippen LogP contribution in [0.15, 0.2) is 23.1 Å². The number of hydrogen-bond donors (Lipinski definition) is 2. The van der Waals surface area contributed by atoms with Crippen LogP contribution in [0.2, 0.25) is 5.02 Å². The van der Waals surface area contributed by atoms with Crippen molar-refractivity contribution in [2.75, 3.05) is 18.9 Å². The van der Waals surface area contributed by atoms with Crippen molar-refractivity contribution in [3.05, 3.63) is 23.2 Å². The SMILES string of the molecule is Nc1ccc(S(=O)(=O)NC2CCOC2)cc1Cl. The lowest BCUT2D eigenvalue weighted by Gasteiger charge is -2.11. The van der Waals surface area contributed by atoms with Crippen molar-refractivity contribution in [2.45, 2.75) is 17.4 Å². The van der Waals surface area contributed by atoms with Crippen LogP contribution in [0.4, 0.5) is 5.69 Å². The fraction of sp³-hybridized carbons (Fsp3) is 0.400. The first-order valence-electron chi connectivity index (χ1n) is 5.14.